The summed E-state index contributed by atoms with van der Waals surface area (Å²) >= 11 is 0. The molecule has 0 heterocycles. The summed E-state index contributed by atoms with van der Waals surface area (Å²) in [6.45, 7) is 4.17. The Hall–Kier alpha value is -1.51. The first kappa shape index (κ1) is 14.6. The molecule has 0 bridgehead atoms. The van der Waals surface area contributed by atoms with Crippen molar-refractivity contribution in [3.63, 3.8) is 0 Å². The number of hydrogen-bond donors (Lipinski definition) is 1. The second-order valence-corrected chi connectivity index (χ2v) is 4.58. The van der Waals surface area contributed by atoms with Gasteiger partial charge in [-0.3, -0.25) is 0 Å². The van der Waals surface area contributed by atoms with Crippen molar-refractivity contribution < 1.29 is 14.6 Å². The summed E-state index contributed by atoms with van der Waals surface area (Å²) in [7, 11) is 0. The molecule has 0 aliphatic carbocycles. The van der Waals surface area contributed by atoms with Crippen LogP contribution in [0, 0.1) is 0 Å². The molecule has 0 radical (unpaired) electrons. The van der Waals surface area contributed by atoms with E-state index in [0.717, 1.165) is 12.8 Å². The highest BCUT2D eigenvalue weighted by atomic mass is 16.5. The fourth-order valence-corrected chi connectivity index (χ4v) is 1.88. The number of rotatable bonds is 8. The maximum atomic E-state index is 11.0. The van der Waals surface area contributed by atoms with Crippen LogP contribution in [0.3, 0.4) is 0 Å². The highest BCUT2D eigenvalue weighted by Gasteiger charge is 2.12. The van der Waals surface area contributed by atoms with Crippen molar-refractivity contribution in [2.24, 2.45) is 0 Å². The quantitative estimate of drug-likeness (QED) is 0.706. The summed E-state index contributed by atoms with van der Waals surface area (Å²) in [6, 6.07) is 6.79. The Balaban J connectivity index is 2.48. The van der Waals surface area contributed by atoms with E-state index in [1.807, 2.05) is 6.92 Å². The van der Waals surface area contributed by atoms with E-state index in [1.165, 1.54) is 19.3 Å². The van der Waals surface area contributed by atoms with Crippen LogP contribution in [0.15, 0.2) is 24.3 Å². The highest BCUT2D eigenvalue weighted by Crippen LogP contribution is 2.20. The molecule has 3 nitrogen and oxygen atoms in total. The lowest BCUT2D eigenvalue weighted by Crippen LogP contribution is -2.13. The van der Waals surface area contributed by atoms with Gasteiger partial charge in [-0.25, -0.2) is 4.79 Å². The highest BCUT2D eigenvalue weighted by molar-refractivity contribution is 5.90. The van der Waals surface area contributed by atoms with E-state index in [2.05, 4.69) is 6.92 Å². The lowest BCUT2D eigenvalue weighted by molar-refractivity contribution is 0.0689. The van der Waals surface area contributed by atoms with Gasteiger partial charge >= 0.3 is 5.97 Å². The number of unbranched alkanes of at least 4 members (excludes halogenated alkanes) is 3. The summed E-state index contributed by atoms with van der Waals surface area (Å²) in [5.74, 6) is -0.475. The average Bonchev–Trinajstić information content (AvgIpc) is 2.35. The van der Waals surface area contributed by atoms with Crippen molar-refractivity contribution in [2.45, 2.75) is 52.1 Å². The molecule has 100 valence electrons. The number of ether oxygens (including phenoxy) is 1. The van der Waals surface area contributed by atoms with Crippen molar-refractivity contribution in [1.29, 1.82) is 0 Å². The monoisotopic (exact) mass is 250 g/mol. The van der Waals surface area contributed by atoms with Gasteiger partial charge in [-0.15, -0.1) is 0 Å². The second kappa shape index (κ2) is 7.75. The number of hydrogen-bond acceptors (Lipinski definition) is 2. The van der Waals surface area contributed by atoms with Crippen LogP contribution >= 0.6 is 0 Å². The average molecular weight is 250 g/mol. The van der Waals surface area contributed by atoms with Crippen molar-refractivity contribution in [1.82, 2.24) is 0 Å². The van der Waals surface area contributed by atoms with Crippen LogP contribution in [-0.4, -0.2) is 17.2 Å². The molecule has 1 rings (SSSR count). The molecule has 0 aromatic heterocycles. The molecule has 1 aromatic carbocycles. The molecule has 0 unspecified atom stereocenters. The van der Waals surface area contributed by atoms with Gasteiger partial charge in [0.25, 0.3) is 0 Å². The van der Waals surface area contributed by atoms with E-state index < -0.39 is 5.97 Å². The fraction of sp³-hybridized carbons (Fsp3) is 0.533. The largest absolute Gasteiger partial charge is 0.490 e. The summed E-state index contributed by atoms with van der Waals surface area (Å²) in [6.07, 6.45) is 5.83. The normalized spacial score (nSPS) is 12.1. The summed E-state index contributed by atoms with van der Waals surface area (Å²) in [5, 5.41) is 9.04. The zero-order valence-electron chi connectivity index (χ0n) is 11.2. The van der Waals surface area contributed by atoms with Crippen LogP contribution in [0.1, 0.15) is 56.3 Å². The first-order valence-corrected chi connectivity index (χ1v) is 6.64. The van der Waals surface area contributed by atoms with E-state index in [1.54, 1.807) is 24.3 Å². The van der Waals surface area contributed by atoms with Crippen molar-refractivity contribution in [3.05, 3.63) is 29.8 Å². The number of aromatic carboxylic acids is 1. The van der Waals surface area contributed by atoms with E-state index in [4.69, 9.17) is 9.84 Å². The minimum atomic E-state index is -0.941. The zero-order chi connectivity index (χ0) is 13.4. The first-order chi connectivity index (χ1) is 8.65. The third kappa shape index (κ3) is 4.78. The number of benzene rings is 1. The Bertz CT molecular complexity index is 374. The Morgan fingerprint density at radius 1 is 1.28 bits per heavy atom. The number of carboxylic acid groups (broad SMARTS) is 1. The predicted octanol–water partition coefficient (Wildman–Crippen LogP) is 4.12. The number of carboxylic acids is 1. The van der Waals surface area contributed by atoms with Crippen molar-refractivity contribution in [3.8, 4) is 5.75 Å². The maximum absolute atomic E-state index is 11.0. The molecule has 0 aliphatic rings. The van der Waals surface area contributed by atoms with Gasteiger partial charge in [0, 0.05) is 0 Å². The Morgan fingerprint density at radius 3 is 2.67 bits per heavy atom. The predicted molar refractivity (Wildman–Crippen MR) is 72.3 cm³/mol. The third-order valence-corrected chi connectivity index (χ3v) is 2.91. The number of para-hydroxylation sites is 1. The van der Waals surface area contributed by atoms with Gasteiger partial charge in [-0.1, -0.05) is 38.3 Å². The molecule has 0 fully saturated rings. The zero-order valence-corrected chi connectivity index (χ0v) is 11.2. The molecule has 3 heteroatoms. The van der Waals surface area contributed by atoms with Gasteiger partial charge < -0.3 is 9.84 Å². The Labute approximate surface area is 109 Å². The summed E-state index contributed by atoms with van der Waals surface area (Å²) in [4.78, 5) is 11.0. The van der Waals surface area contributed by atoms with Crippen LogP contribution in [-0.2, 0) is 0 Å². The molecule has 1 N–H and O–H groups in total. The van der Waals surface area contributed by atoms with E-state index in [-0.39, 0.29) is 11.7 Å². The SMILES string of the molecule is CCCCCC[C@H](C)Oc1ccccc1C(=O)O. The van der Waals surface area contributed by atoms with Gasteiger partial charge in [-0.2, -0.15) is 0 Å². The molecule has 18 heavy (non-hydrogen) atoms. The summed E-state index contributed by atoms with van der Waals surface area (Å²) in [5.41, 5.74) is 0.234. The van der Waals surface area contributed by atoms with Crippen LogP contribution < -0.4 is 4.74 Å². The molecule has 1 aromatic rings. The van der Waals surface area contributed by atoms with E-state index >= 15 is 0 Å². The Kier molecular flexibility index (Phi) is 6.26. The second-order valence-electron chi connectivity index (χ2n) is 4.58. The molecule has 1 atom stereocenters. The lowest BCUT2D eigenvalue weighted by atomic mass is 10.1. The third-order valence-electron chi connectivity index (χ3n) is 2.91. The molecule has 0 amide bonds. The molecular weight excluding hydrogens is 228 g/mol. The van der Waals surface area contributed by atoms with Gasteiger partial charge in [0.05, 0.1) is 6.10 Å². The van der Waals surface area contributed by atoms with Crippen LogP contribution in [0.4, 0.5) is 0 Å². The first-order valence-electron chi connectivity index (χ1n) is 6.64. The fourth-order valence-electron chi connectivity index (χ4n) is 1.88. The van der Waals surface area contributed by atoms with Gasteiger partial charge in [0.15, 0.2) is 0 Å². The summed E-state index contributed by atoms with van der Waals surface area (Å²) < 4.78 is 5.71. The van der Waals surface area contributed by atoms with Gasteiger partial charge in [0.2, 0.25) is 0 Å². The molecule has 0 spiro atoms. The van der Waals surface area contributed by atoms with E-state index in [9.17, 15) is 4.79 Å². The maximum Gasteiger partial charge on any atom is 0.339 e. The standard InChI is InChI=1S/C15H22O3/c1-3-4-5-6-9-12(2)18-14-11-8-7-10-13(14)15(16)17/h7-8,10-12H,3-6,9H2,1-2H3,(H,16,17)/t12-/m0/s1. The topological polar surface area (TPSA) is 46.5 Å². The van der Waals surface area contributed by atoms with Crippen molar-refractivity contribution >= 4 is 5.97 Å². The molecule has 0 saturated heterocycles. The van der Waals surface area contributed by atoms with Crippen LogP contribution in [0.2, 0.25) is 0 Å². The smallest absolute Gasteiger partial charge is 0.339 e. The molecule has 0 saturated carbocycles. The van der Waals surface area contributed by atoms with Crippen molar-refractivity contribution in [2.75, 3.05) is 0 Å². The minimum absolute atomic E-state index is 0.0577. The van der Waals surface area contributed by atoms with Gasteiger partial charge in [0.1, 0.15) is 11.3 Å². The number of carbonyl (C=O) groups is 1. The van der Waals surface area contributed by atoms with Gasteiger partial charge in [-0.05, 0) is 31.9 Å². The van der Waals surface area contributed by atoms with Crippen LogP contribution in [0.5, 0.6) is 5.75 Å². The Morgan fingerprint density at radius 2 is 2.00 bits per heavy atom. The lowest BCUT2D eigenvalue weighted by Gasteiger charge is -2.16. The van der Waals surface area contributed by atoms with Crippen LogP contribution in [0.25, 0.3) is 0 Å². The van der Waals surface area contributed by atoms with E-state index in [0.29, 0.717) is 5.75 Å². The minimum Gasteiger partial charge on any atom is -0.490 e. The molecular formula is C15H22O3. The molecule has 0 aliphatic heterocycles.